The number of nitrogens with zero attached hydrogens (tertiary/aromatic N) is 1. The highest BCUT2D eigenvalue weighted by molar-refractivity contribution is 7.10. The van der Waals surface area contributed by atoms with Crippen molar-refractivity contribution in [2.45, 2.75) is 19.9 Å². The molecule has 4 heteroatoms. The molecular formula is C13H22N2OS. The average molecular weight is 254 g/mol. The van der Waals surface area contributed by atoms with Crippen molar-refractivity contribution >= 4 is 11.3 Å². The van der Waals surface area contributed by atoms with E-state index in [0.29, 0.717) is 6.04 Å². The summed E-state index contributed by atoms with van der Waals surface area (Å²) < 4.78 is 5.34. The molecule has 0 radical (unpaired) electrons. The van der Waals surface area contributed by atoms with Crippen LogP contribution in [0.3, 0.4) is 0 Å². The molecule has 1 aliphatic heterocycles. The van der Waals surface area contributed by atoms with Gasteiger partial charge in [0.15, 0.2) is 0 Å². The maximum Gasteiger partial charge on any atom is 0.0594 e. The zero-order chi connectivity index (χ0) is 12.1. The predicted octanol–water partition coefficient (Wildman–Crippen LogP) is 2.04. The van der Waals surface area contributed by atoms with Crippen LogP contribution in [-0.2, 0) is 4.74 Å². The minimum Gasteiger partial charge on any atom is -0.379 e. The molecule has 2 heterocycles. The van der Waals surface area contributed by atoms with Crippen molar-refractivity contribution in [3.8, 4) is 0 Å². The lowest BCUT2D eigenvalue weighted by Crippen LogP contribution is -2.40. The number of aryl methyl sites for hydroxylation is 1. The second-order valence-electron chi connectivity index (χ2n) is 4.60. The van der Waals surface area contributed by atoms with E-state index >= 15 is 0 Å². The summed E-state index contributed by atoms with van der Waals surface area (Å²) in [4.78, 5) is 3.93. The Morgan fingerprint density at radius 2 is 2.24 bits per heavy atom. The predicted molar refractivity (Wildman–Crippen MR) is 72.7 cm³/mol. The summed E-state index contributed by atoms with van der Waals surface area (Å²) in [5.41, 5.74) is 1.40. The maximum absolute atomic E-state index is 5.34. The molecule has 0 aliphatic carbocycles. The molecule has 0 spiro atoms. The van der Waals surface area contributed by atoms with E-state index in [4.69, 9.17) is 4.74 Å². The van der Waals surface area contributed by atoms with Crippen LogP contribution >= 0.6 is 11.3 Å². The van der Waals surface area contributed by atoms with E-state index in [2.05, 4.69) is 35.5 Å². The largest absolute Gasteiger partial charge is 0.379 e. The van der Waals surface area contributed by atoms with E-state index in [1.165, 1.54) is 10.4 Å². The first-order chi connectivity index (χ1) is 8.27. The molecule has 96 valence electrons. The number of hydrogen-bond donors (Lipinski definition) is 1. The maximum atomic E-state index is 5.34. The molecule has 1 saturated heterocycles. The minimum atomic E-state index is 0.469. The van der Waals surface area contributed by atoms with E-state index in [0.717, 1.165) is 39.4 Å². The molecule has 1 aromatic heterocycles. The van der Waals surface area contributed by atoms with Crippen molar-refractivity contribution in [3.05, 3.63) is 21.9 Å². The summed E-state index contributed by atoms with van der Waals surface area (Å²) in [5, 5.41) is 5.77. The lowest BCUT2D eigenvalue weighted by molar-refractivity contribution is 0.0382. The van der Waals surface area contributed by atoms with Gasteiger partial charge in [-0.25, -0.2) is 0 Å². The number of thiophene rings is 1. The zero-order valence-corrected chi connectivity index (χ0v) is 11.6. The van der Waals surface area contributed by atoms with E-state index in [1.54, 1.807) is 0 Å². The summed E-state index contributed by atoms with van der Waals surface area (Å²) in [5.74, 6) is 0. The van der Waals surface area contributed by atoms with E-state index in [1.807, 2.05) is 11.3 Å². The smallest absolute Gasteiger partial charge is 0.0594 e. The number of ether oxygens (including phenoxy) is 1. The van der Waals surface area contributed by atoms with Gasteiger partial charge in [0.25, 0.3) is 0 Å². The monoisotopic (exact) mass is 254 g/mol. The Balaban J connectivity index is 1.69. The fourth-order valence-electron chi connectivity index (χ4n) is 2.18. The van der Waals surface area contributed by atoms with Crippen LogP contribution in [0.15, 0.2) is 11.4 Å². The van der Waals surface area contributed by atoms with Crippen molar-refractivity contribution in [1.82, 2.24) is 10.2 Å². The van der Waals surface area contributed by atoms with Crippen LogP contribution in [0.5, 0.6) is 0 Å². The van der Waals surface area contributed by atoms with Crippen LogP contribution in [0.25, 0.3) is 0 Å². The van der Waals surface area contributed by atoms with Crippen molar-refractivity contribution in [3.63, 3.8) is 0 Å². The average Bonchev–Trinajstić information content (AvgIpc) is 2.77. The molecule has 1 N–H and O–H groups in total. The van der Waals surface area contributed by atoms with Gasteiger partial charge in [0.2, 0.25) is 0 Å². The quantitative estimate of drug-likeness (QED) is 0.870. The molecular weight excluding hydrogens is 232 g/mol. The Kier molecular flexibility index (Phi) is 4.98. The van der Waals surface area contributed by atoms with Crippen LogP contribution in [-0.4, -0.2) is 44.3 Å². The lowest BCUT2D eigenvalue weighted by Gasteiger charge is -2.27. The lowest BCUT2D eigenvalue weighted by atomic mass is 10.2. The first kappa shape index (κ1) is 13.0. The number of rotatable bonds is 5. The number of hydrogen-bond acceptors (Lipinski definition) is 4. The molecule has 0 aromatic carbocycles. The van der Waals surface area contributed by atoms with Crippen LogP contribution in [0.2, 0.25) is 0 Å². The van der Waals surface area contributed by atoms with Gasteiger partial charge in [0.1, 0.15) is 0 Å². The van der Waals surface area contributed by atoms with Crippen LogP contribution in [0, 0.1) is 6.92 Å². The Bertz CT molecular complexity index is 334. The molecule has 0 amide bonds. The highest BCUT2D eigenvalue weighted by Crippen LogP contribution is 2.23. The summed E-state index contributed by atoms with van der Waals surface area (Å²) in [6.07, 6.45) is 0. The molecule has 1 unspecified atom stereocenters. The Morgan fingerprint density at radius 3 is 2.88 bits per heavy atom. The van der Waals surface area contributed by atoms with Gasteiger partial charge < -0.3 is 10.1 Å². The fourth-order valence-corrected chi connectivity index (χ4v) is 3.14. The fraction of sp³-hybridized carbons (Fsp3) is 0.692. The molecule has 1 fully saturated rings. The van der Waals surface area contributed by atoms with Gasteiger partial charge in [-0.1, -0.05) is 0 Å². The van der Waals surface area contributed by atoms with Gasteiger partial charge in [0, 0.05) is 37.1 Å². The van der Waals surface area contributed by atoms with Crippen LogP contribution in [0.4, 0.5) is 0 Å². The van der Waals surface area contributed by atoms with E-state index < -0.39 is 0 Å². The Morgan fingerprint density at radius 1 is 1.47 bits per heavy atom. The summed E-state index contributed by atoms with van der Waals surface area (Å²) in [6.45, 7) is 10.5. The standard InChI is InChI=1S/C13H22N2OS/c1-11-3-10-17-13(11)12(2)14-4-5-15-6-8-16-9-7-15/h3,10,12,14H,4-9H2,1-2H3. The Labute approximate surface area is 108 Å². The van der Waals surface area contributed by atoms with Crippen molar-refractivity contribution in [2.75, 3.05) is 39.4 Å². The molecule has 1 aromatic rings. The molecule has 3 nitrogen and oxygen atoms in total. The summed E-state index contributed by atoms with van der Waals surface area (Å²) >= 11 is 1.85. The van der Waals surface area contributed by atoms with Gasteiger partial charge in [-0.3, -0.25) is 4.90 Å². The van der Waals surface area contributed by atoms with Gasteiger partial charge in [0.05, 0.1) is 13.2 Å². The van der Waals surface area contributed by atoms with Crippen LogP contribution in [0.1, 0.15) is 23.4 Å². The topological polar surface area (TPSA) is 24.5 Å². The molecule has 0 saturated carbocycles. The first-order valence-electron chi connectivity index (χ1n) is 6.35. The van der Waals surface area contributed by atoms with Gasteiger partial charge in [-0.2, -0.15) is 0 Å². The van der Waals surface area contributed by atoms with Gasteiger partial charge >= 0.3 is 0 Å². The molecule has 1 aliphatic rings. The highest BCUT2D eigenvalue weighted by Gasteiger charge is 2.12. The first-order valence-corrected chi connectivity index (χ1v) is 7.23. The van der Waals surface area contributed by atoms with Crippen molar-refractivity contribution < 1.29 is 4.74 Å². The molecule has 1 atom stereocenters. The van der Waals surface area contributed by atoms with E-state index in [9.17, 15) is 0 Å². The zero-order valence-electron chi connectivity index (χ0n) is 10.7. The SMILES string of the molecule is Cc1ccsc1C(C)NCCN1CCOCC1. The third-order valence-corrected chi connectivity index (χ3v) is 4.48. The normalized spacial score (nSPS) is 19.4. The van der Waals surface area contributed by atoms with Gasteiger partial charge in [-0.05, 0) is 30.9 Å². The van der Waals surface area contributed by atoms with Gasteiger partial charge in [-0.15, -0.1) is 11.3 Å². The Hall–Kier alpha value is -0.420. The second kappa shape index (κ2) is 6.50. The molecule has 17 heavy (non-hydrogen) atoms. The summed E-state index contributed by atoms with van der Waals surface area (Å²) in [6, 6.07) is 2.66. The van der Waals surface area contributed by atoms with Crippen molar-refractivity contribution in [1.29, 1.82) is 0 Å². The summed E-state index contributed by atoms with van der Waals surface area (Å²) in [7, 11) is 0. The number of nitrogens with one attached hydrogen (secondary N) is 1. The van der Waals surface area contributed by atoms with Crippen molar-refractivity contribution in [2.24, 2.45) is 0 Å². The highest BCUT2D eigenvalue weighted by atomic mass is 32.1. The van der Waals surface area contributed by atoms with E-state index in [-0.39, 0.29) is 0 Å². The third-order valence-electron chi connectivity index (χ3n) is 3.28. The minimum absolute atomic E-state index is 0.469. The van der Waals surface area contributed by atoms with Crippen LogP contribution < -0.4 is 5.32 Å². The molecule has 0 bridgehead atoms. The number of morpholine rings is 1. The third kappa shape index (κ3) is 3.78. The molecule has 2 rings (SSSR count). The second-order valence-corrected chi connectivity index (χ2v) is 5.55.